The summed E-state index contributed by atoms with van der Waals surface area (Å²) in [7, 11) is 0. The second-order valence-corrected chi connectivity index (χ2v) is 21.4. The Morgan fingerprint density at radius 2 is 1.57 bits per heavy atom. The normalized spacial score (nSPS) is 35.3. The molecule has 1 amide bonds. The number of nitrogens with zero attached hydrogens (tertiary/aromatic N) is 1. The average molecular weight is 806 g/mol. The van der Waals surface area contributed by atoms with Crippen LogP contribution in [-0.2, 0) is 30.5 Å². The van der Waals surface area contributed by atoms with Crippen LogP contribution in [0.15, 0.2) is 41.5 Å². The van der Waals surface area contributed by atoms with E-state index in [0.717, 1.165) is 61.7 Å². The number of ketones is 1. The van der Waals surface area contributed by atoms with Crippen molar-refractivity contribution in [3.63, 3.8) is 0 Å². The number of aliphatic hydroxyl groups is 3. The first-order valence-corrected chi connectivity index (χ1v) is 22.0. The first-order chi connectivity index (χ1) is 27.0. The van der Waals surface area contributed by atoms with Gasteiger partial charge in [-0.2, -0.15) is 0 Å². The highest BCUT2D eigenvalue weighted by Gasteiger charge is 2.71. The van der Waals surface area contributed by atoms with Crippen molar-refractivity contribution in [2.45, 2.75) is 158 Å². The van der Waals surface area contributed by atoms with Crippen LogP contribution in [0.2, 0.25) is 0 Å². The van der Waals surface area contributed by atoms with Crippen LogP contribution in [0.4, 0.5) is 0 Å². The molecule has 10 heteroatoms. The van der Waals surface area contributed by atoms with Crippen LogP contribution in [0.1, 0.15) is 139 Å². The summed E-state index contributed by atoms with van der Waals surface area (Å²) in [6.45, 7) is 18.9. The van der Waals surface area contributed by atoms with Crippen LogP contribution < -0.4 is 0 Å². The Bertz CT molecular complexity index is 1790. The van der Waals surface area contributed by atoms with Gasteiger partial charge in [-0.05, 0) is 116 Å². The third-order valence-corrected chi connectivity index (χ3v) is 17.1. The van der Waals surface area contributed by atoms with E-state index in [1.807, 2.05) is 30.3 Å². The second kappa shape index (κ2) is 15.7. The maximum absolute atomic E-state index is 14.3. The molecule has 0 aliphatic heterocycles. The number of benzene rings is 1. The number of carboxylic acids is 1. The molecule has 1 aromatic rings. The Hall–Kier alpha value is -3.08. The van der Waals surface area contributed by atoms with E-state index in [0.29, 0.717) is 18.3 Å². The highest BCUT2D eigenvalue weighted by atomic mass is 16.5. The minimum Gasteiger partial charge on any atom is -0.481 e. The van der Waals surface area contributed by atoms with Crippen LogP contribution >= 0.6 is 0 Å². The summed E-state index contributed by atoms with van der Waals surface area (Å²) in [5.74, 6) is -0.930. The zero-order chi connectivity index (χ0) is 42.8. The number of aliphatic hydroxyl groups excluding tert-OH is 3. The Kier molecular flexibility index (Phi) is 12.1. The molecule has 0 bridgehead atoms. The highest BCUT2D eigenvalue weighted by molar-refractivity contribution is 6.00. The lowest BCUT2D eigenvalue weighted by atomic mass is 9.33. The molecule has 4 N–H and O–H groups in total. The number of rotatable bonds is 13. The predicted octanol–water partition coefficient (Wildman–Crippen LogP) is 7.51. The van der Waals surface area contributed by atoms with Crippen LogP contribution in [0.3, 0.4) is 0 Å². The summed E-state index contributed by atoms with van der Waals surface area (Å²) >= 11 is 0. The van der Waals surface area contributed by atoms with Crippen molar-refractivity contribution in [2.24, 2.45) is 56.2 Å². The number of esters is 1. The number of carbonyl (C=O) groups excluding carboxylic acids is 3. The van der Waals surface area contributed by atoms with Gasteiger partial charge in [0.2, 0.25) is 5.91 Å². The molecular formula is C48H71NO9. The number of hydrogen-bond acceptors (Lipinski definition) is 8. The number of hydrogen-bond donors (Lipinski definition) is 4. The van der Waals surface area contributed by atoms with Gasteiger partial charge in [-0.3, -0.25) is 19.2 Å². The lowest BCUT2D eigenvalue weighted by Crippen LogP contribution is -2.66. The van der Waals surface area contributed by atoms with Crippen molar-refractivity contribution in [3.05, 3.63) is 47.0 Å². The predicted molar refractivity (Wildman–Crippen MR) is 221 cm³/mol. The lowest BCUT2D eigenvalue weighted by molar-refractivity contribution is -0.235. The largest absolute Gasteiger partial charge is 0.481 e. The number of Topliss-reactive ketones (excluding diaryl/α,β-unsaturated/α-hetero) is 1. The van der Waals surface area contributed by atoms with Crippen molar-refractivity contribution in [1.29, 1.82) is 0 Å². The minimum absolute atomic E-state index is 0.0139. The minimum atomic E-state index is -1.20. The van der Waals surface area contributed by atoms with Crippen LogP contribution in [0.25, 0.3) is 0 Å². The summed E-state index contributed by atoms with van der Waals surface area (Å²) in [5, 5.41) is 42.0. The molecule has 0 saturated heterocycles. The van der Waals surface area contributed by atoms with E-state index in [9.17, 15) is 39.6 Å². The molecule has 0 radical (unpaired) electrons. The van der Waals surface area contributed by atoms with Gasteiger partial charge < -0.3 is 30.1 Å². The molecule has 5 aliphatic rings. The molecule has 4 fully saturated rings. The molecule has 5 aliphatic carbocycles. The van der Waals surface area contributed by atoms with Crippen molar-refractivity contribution in [1.82, 2.24) is 4.90 Å². The van der Waals surface area contributed by atoms with Crippen LogP contribution in [0, 0.1) is 56.2 Å². The maximum Gasteiger partial charge on any atom is 0.309 e. The van der Waals surface area contributed by atoms with Crippen molar-refractivity contribution in [2.75, 3.05) is 13.2 Å². The van der Waals surface area contributed by atoms with E-state index in [1.54, 1.807) is 18.7 Å². The highest BCUT2D eigenvalue weighted by Crippen LogP contribution is 2.77. The van der Waals surface area contributed by atoms with Crippen LogP contribution in [-0.4, -0.2) is 80.4 Å². The Morgan fingerprint density at radius 1 is 0.897 bits per heavy atom. The summed E-state index contributed by atoms with van der Waals surface area (Å²) in [6, 6.07) is 9.57. The van der Waals surface area contributed by atoms with Crippen molar-refractivity contribution in [3.8, 4) is 0 Å². The van der Waals surface area contributed by atoms with Gasteiger partial charge in [-0.1, -0.05) is 84.4 Å². The molecule has 0 heterocycles. The number of amides is 1. The molecule has 10 nitrogen and oxygen atoms in total. The molecule has 322 valence electrons. The number of aliphatic carboxylic acids is 1. The molecular weight excluding hydrogens is 735 g/mol. The monoisotopic (exact) mass is 806 g/mol. The molecule has 6 rings (SSSR count). The first kappa shape index (κ1) is 44.5. The van der Waals surface area contributed by atoms with Gasteiger partial charge in [-0.15, -0.1) is 0 Å². The second-order valence-electron chi connectivity index (χ2n) is 21.4. The lowest BCUT2D eigenvalue weighted by Gasteiger charge is -2.72. The first-order valence-electron chi connectivity index (χ1n) is 22.0. The zero-order valence-electron chi connectivity index (χ0n) is 36.6. The fourth-order valence-corrected chi connectivity index (χ4v) is 13.7. The number of ether oxygens (including phenoxy) is 1. The Morgan fingerprint density at radius 3 is 2.19 bits per heavy atom. The summed E-state index contributed by atoms with van der Waals surface area (Å²) in [5.41, 5.74) is 0.373. The van der Waals surface area contributed by atoms with E-state index < -0.39 is 41.6 Å². The topological polar surface area (TPSA) is 162 Å². The third kappa shape index (κ3) is 7.29. The average Bonchev–Trinajstić information content (AvgIpc) is 3.46. The van der Waals surface area contributed by atoms with Gasteiger partial charge in [0.25, 0.3) is 0 Å². The van der Waals surface area contributed by atoms with Gasteiger partial charge in [0.05, 0.1) is 37.1 Å². The quantitative estimate of drug-likeness (QED) is 0.148. The Labute approximate surface area is 346 Å². The fraction of sp³-hybridized carbons (Fsp3) is 0.750. The molecule has 0 aromatic heterocycles. The SMILES string of the molecule is CC(C)C1=C2C3CCC4C5(C)CCC(OC(=O)CC(C)(C)C(=O)O)C(C)(C)C5CCC4(C)C3(C)CCC2(C(O)CN(Cc2ccccc2)C(=O)CC(O)CO)CC1=O. The van der Waals surface area contributed by atoms with E-state index in [-0.39, 0.29) is 83.6 Å². The van der Waals surface area contributed by atoms with Gasteiger partial charge in [0.1, 0.15) is 6.10 Å². The standard InChI is InChI=1S/C48H71NO9/c1-29(2)40-33(52)24-48(36(53)27-49(38(54)23-31(51)28-50)26-30-13-11-10-12-14-30)22-21-46(8)32(41(40)48)15-16-35-45(7)19-18-37(58-39(55)25-43(3,4)42(56)57)44(5,6)34(45)17-20-47(35,46)9/h10-14,29,31-32,34-37,50-51,53H,15-28H2,1-9H3,(H,56,57). The van der Waals surface area contributed by atoms with E-state index in [4.69, 9.17) is 4.74 Å². The molecule has 0 spiro atoms. The number of carboxylic acid groups (broad SMARTS) is 1. The van der Waals surface area contributed by atoms with Crippen molar-refractivity contribution >= 4 is 23.6 Å². The van der Waals surface area contributed by atoms with Crippen LogP contribution in [0.5, 0.6) is 0 Å². The number of carbonyl (C=O) groups is 4. The fourth-order valence-electron chi connectivity index (χ4n) is 13.7. The van der Waals surface area contributed by atoms with Gasteiger partial charge >= 0.3 is 11.9 Å². The third-order valence-electron chi connectivity index (χ3n) is 17.1. The summed E-state index contributed by atoms with van der Waals surface area (Å²) in [4.78, 5) is 54.5. The van der Waals surface area contributed by atoms with Crippen molar-refractivity contribution < 1.29 is 44.3 Å². The summed E-state index contributed by atoms with van der Waals surface area (Å²) < 4.78 is 6.17. The van der Waals surface area contributed by atoms with Gasteiger partial charge in [0.15, 0.2) is 5.78 Å². The van der Waals surface area contributed by atoms with Gasteiger partial charge in [-0.25, -0.2) is 0 Å². The maximum atomic E-state index is 14.3. The molecule has 10 atom stereocenters. The van der Waals surface area contributed by atoms with Gasteiger partial charge in [0, 0.05) is 30.3 Å². The summed E-state index contributed by atoms with van der Waals surface area (Å²) in [6.07, 6.45) is 4.33. The molecule has 10 unspecified atom stereocenters. The molecule has 58 heavy (non-hydrogen) atoms. The Balaban J connectivity index is 1.30. The van der Waals surface area contributed by atoms with E-state index in [2.05, 4.69) is 48.5 Å². The smallest absolute Gasteiger partial charge is 0.309 e. The zero-order valence-corrected chi connectivity index (χ0v) is 36.6. The molecule has 1 aromatic carbocycles. The number of fused-ring (bicyclic) bond motifs is 7. The molecule has 4 saturated carbocycles. The van der Waals surface area contributed by atoms with E-state index >= 15 is 0 Å². The van der Waals surface area contributed by atoms with E-state index in [1.165, 1.54) is 0 Å². The number of allylic oxidation sites excluding steroid dienone is 1.